The van der Waals surface area contributed by atoms with Crippen molar-refractivity contribution in [3.63, 3.8) is 0 Å². The molecule has 1 saturated heterocycles. The van der Waals surface area contributed by atoms with E-state index in [1.165, 1.54) is 27.7 Å². The zero-order chi connectivity index (χ0) is 30.8. The first kappa shape index (κ1) is 36.0. The number of esters is 3. The molecule has 0 aromatic rings. The van der Waals surface area contributed by atoms with Crippen LogP contribution in [0.25, 0.3) is 0 Å². The van der Waals surface area contributed by atoms with Crippen molar-refractivity contribution in [2.75, 3.05) is 33.0 Å². The van der Waals surface area contributed by atoms with Crippen LogP contribution in [0.15, 0.2) is 0 Å². The van der Waals surface area contributed by atoms with Gasteiger partial charge in [-0.25, -0.2) is 4.79 Å². The number of carbonyl (C=O) groups excluding carboxylic acids is 5. The summed E-state index contributed by atoms with van der Waals surface area (Å²) < 4.78 is 32.5. The van der Waals surface area contributed by atoms with E-state index in [2.05, 4.69) is 10.6 Å². The molecule has 15 nitrogen and oxygen atoms in total. The number of amides is 2. The fourth-order valence-corrected chi connectivity index (χ4v) is 4.03. The van der Waals surface area contributed by atoms with Crippen LogP contribution < -0.4 is 10.6 Å². The lowest BCUT2D eigenvalue weighted by atomic mass is 9.96. The molecule has 15 heteroatoms. The van der Waals surface area contributed by atoms with Gasteiger partial charge in [-0.05, 0) is 12.8 Å². The molecule has 1 aliphatic heterocycles. The Labute approximate surface area is 239 Å². The Morgan fingerprint density at radius 3 is 2.02 bits per heavy atom. The average Bonchev–Trinajstić information content (AvgIpc) is 2.89. The molecule has 1 aliphatic rings. The predicted molar refractivity (Wildman–Crippen MR) is 140 cm³/mol. The van der Waals surface area contributed by atoms with Crippen molar-refractivity contribution in [1.29, 1.82) is 0 Å². The number of hydrogen-bond acceptors (Lipinski definition) is 13. The lowest BCUT2D eigenvalue weighted by Crippen LogP contribution is -2.66. The summed E-state index contributed by atoms with van der Waals surface area (Å²) in [6, 6.07) is -1.000. The van der Waals surface area contributed by atoms with Crippen molar-refractivity contribution >= 4 is 29.9 Å². The zero-order valence-corrected chi connectivity index (χ0v) is 24.1. The Morgan fingerprint density at radius 2 is 1.44 bits per heavy atom. The third kappa shape index (κ3) is 15.5. The van der Waals surface area contributed by atoms with E-state index < -0.39 is 73.3 Å². The van der Waals surface area contributed by atoms with Gasteiger partial charge in [-0.3, -0.25) is 19.2 Å². The average molecular weight is 593 g/mol. The molecule has 1 heterocycles. The molecule has 6 atom stereocenters. The van der Waals surface area contributed by atoms with E-state index in [4.69, 9.17) is 38.6 Å². The van der Waals surface area contributed by atoms with E-state index in [9.17, 15) is 24.0 Å². The van der Waals surface area contributed by atoms with E-state index in [0.29, 0.717) is 13.0 Å². The van der Waals surface area contributed by atoms with Gasteiger partial charge in [0.25, 0.3) is 0 Å². The van der Waals surface area contributed by atoms with Gasteiger partial charge in [0, 0.05) is 40.8 Å². The number of aliphatic hydroxyl groups is 2. The minimum atomic E-state index is -1.17. The van der Waals surface area contributed by atoms with Crippen molar-refractivity contribution in [1.82, 2.24) is 10.6 Å². The third-order valence-electron chi connectivity index (χ3n) is 5.81. The van der Waals surface area contributed by atoms with Gasteiger partial charge in [-0.1, -0.05) is 25.7 Å². The largest absolute Gasteiger partial charge is 0.463 e. The van der Waals surface area contributed by atoms with Gasteiger partial charge in [0.05, 0.1) is 6.61 Å². The normalized spacial score (nSPS) is 22.6. The van der Waals surface area contributed by atoms with Gasteiger partial charge in [0.2, 0.25) is 5.91 Å². The molecule has 1 fully saturated rings. The Morgan fingerprint density at radius 1 is 0.829 bits per heavy atom. The quantitative estimate of drug-likeness (QED) is 0.0946. The Bertz CT molecular complexity index is 840. The molecule has 236 valence electrons. The van der Waals surface area contributed by atoms with Crippen LogP contribution in [-0.4, -0.2) is 110 Å². The number of carbonyl (C=O) groups is 5. The van der Waals surface area contributed by atoms with Crippen molar-refractivity contribution in [3.05, 3.63) is 0 Å². The first-order valence-electron chi connectivity index (χ1n) is 13.7. The molecule has 0 unspecified atom stereocenters. The van der Waals surface area contributed by atoms with Crippen LogP contribution in [0.5, 0.6) is 0 Å². The number of ether oxygens (including phenoxy) is 6. The number of aliphatic hydroxyl groups excluding tert-OH is 2. The summed E-state index contributed by atoms with van der Waals surface area (Å²) in [4.78, 5) is 58.5. The molecule has 0 saturated carbocycles. The van der Waals surface area contributed by atoms with E-state index >= 15 is 0 Å². The molecule has 0 radical (unpaired) electrons. The third-order valence-corrected chi connectivity index (χ3v) is 5.81. The molecular weight excluding hydrogens is 548 g/mol. The zero-order valence-electron chi connectivity index (χ0n) is 24.1. The standard InChI is InChI=1S/C26H44N2O13/c1-16(30)28-22-24(40-19(4)33)23(39-18(3)32)21(15-37-17(2)31)41-25(22)36-12-10-8-6-5-7-9-11-27-26(35)38-14-20(34)13-29/h20-25,29,34H,5-15H2,1-4H3,(H,27,35)(H,28,30)/t20-,21+,22+,23-,24+,25+/m0/s1. The monoisotopic (exact) mass is 592 g/mol. The molecule has 4 N–H and O–H groups in total. The van der Waals surface area contributed by atoms with Crippen LogP contribution in [0.3, 0.4) is 0 Å². The number of rotatable bonds is 18. The van der Waals surface area contributed by atoms with Gasteiger partial charge in [-0.15, -0.1) is 0 Å². The van der Waals surface area contributed by atoms with Gasteiger partial charge >= 0.3 is 24.0 Å². The van der Waals surface area contributed by atoms with Crippen LogP contribution in [0.1, 0.15) is 66.2 Å². The van der Waals surface area contributed by atoms with Gasteiger partial charge < -0.3 is 49.3 Å². The smallest absolute Gasteiger partial charge is 0.407 e. The van der Waals surface area contributed by atoms with E-state index in [-0.39, 0.29) is 19.8 Å². The lowest BCUT2D eigenvalue weighted by molar-refractivity contribution is -0.277. The lowest BCUT2D eigenvalue weighted by Gasteiger charge is -2.44. The van der Waals surface area contributed by atoms with Gasteiger partial charge in [-0.2, -0.15) is 0 Å². The second-order valence-corrected chi connectivity index (χ2v) is 9.57. The maximum atomic E-state index is 12.0. The first-order valence-corrected chi connectivity index (χ1v) is 13.7. The topological polar surface area (TPSA) is 205 Å². The molecule has 0 aliphatic carbocycles. The predicted octanol–water partition coefficient (Wildman–Crippen LogP) is 0.0791. The van der Waals surface area contributed by atoms with Crippen LogP contribution in [0, 0.1) is 0 Å². The summed E-state index contributed by atoms with van der Waals surface area (Å²) in [5, 5.41) is 23.1. The van der Waals surface area contributed by atoms with E-state index in [0.717, 1.165) is 32.1 Å². The molecule has 2 amide bonds. The maximum absolute atomic E-state index is 12.0. The van der Waals surface area contributed by atoms with Crippen LogP contribution in [0.2, 0.25) is 0 Å². The fourth-order valence-electron chi connectivity index (χ4n) is 4.03. The summed E-state index contributed by atoms with van der Waals surface area (Å²) in [6.45, 7) is 4.44. The summed E-state index contributed by atoms with van der Waals surface area (Å²) in [5.41, 5.74) is 0. The van der Waals surface area contributed by atoms with Crippen molar-refractivity contribution in [3.8, 4) is 0 Å². The molecule has 41 heavy (non-hydrogen) atoms. The summed E-state index contributed by atoms with van der Waals surface area (Å²) in [5.74, 6) is -2.40. The Balaban J connectivity index is 2.59. The Kier molecular flexibility index (Phi) is 17.5. The molecule has 1 rings (SSSR count). The highest BCUT2D eigenvalue weighted by Gasteiger charge is 2.51. The summed E-state index contributed by atoms with van der Waals surface area (Å²) in [7, 11) is 0. The minimum absolute atomic E-state index is 0.249. The van der Waals surface area contributed by atoms with Crippen molar-refractivity contribution < 1.29 is 62.6 Å². The van der Waals surface area contributed by atoms with Crippen molar-refractivity contribution in [2.45, 2.75) is 103 Å². The minimum Gasteiger partial charge on any atom is -0.463 e. The van der Waals surface area contributed by atoms with Crippen LogP contribution in [-0.2, 0) is 47.6 Å². The second-order valence-electron chi connectivity index (χ2n) is 9.57. The summed E-state index contributed by atoms with van der Waals surface area (Å²) in [6.07, 6.45) is -1.27. The van der Waals surface area contributed by atoms with Crippen LogP contribution >= 0.6 is 0 Å². The highest BCUT2D eigenvalue weighted by molar-refractivity contribution is 5.73. The SMILES string of the molecule is CC(=O)N[C@H]1[C@H](OCCCCCCCCNC(=O)OC[C@@H](O)CO)O[C@H](COC(C)=O)[C@H](OC(C)=O)[C@@H]1OC(C)=O. The molecule has 0 aromatic carbocycles. The fraction of sp³-hybridized carbons (Fsp3) is 0.808. The maximum Gasteiger partial charge on any atom is 0.407 e. The van der Waals surface area contributed by atoms with Crippen molar-refractivity contribution in [2.24, 2.45) is 0 Å². The highest BCUT2D eigenvalue weighted by Crippen LogP contribution is 2.28. The van der Waals surface area contributed by atoms with E-state index in [1.807, 2.05) is 0 Å². The number of unbranched alkanes of at least 4 members (excludes halogenated alkanes) is 5. The van der Waals surface area contributed by atoms with E-state index in [1.54, 1.807) is 0 Å². The Hall–Kier alpha value is -3.01. The first-order chi connectivity index (χ1) is 19.4. The molecular formula is C26H44N2O13. The van der Waals surface area contributed by atoms with Gasteiger partial charge in [0.1, 0.15) is 31.5 Å². The molecule has 0 aromatic heterocycles. The number of nitrogens with one attached hydrogen (secondary N) is 2. The number of alkyl carbamates (subject to hydrolysis) is 1. The molecule has 0 bridgehead atoms. The molecule has 0 spiro atoms. The van der Waals surface area contributed by atoms with Gasteiger partial charge in [0.15, 0.2) is 18.5 Å². The second kappa shape index (κ2) is 20.0. The summed E-state index contributed by atoms with van der Waals surface area (Å²) >= 11 is 0. The highest BCUT2D eigenvalue weighted by atomic mass is 16.7. The number of hydrogen-bond donors (Lipinski definition) is 4. The van der Waals surface area contributed by atoms with Crippen LogP contribution in [0.4, 0.5) is 4.79 Å².